The van der Waals surface area contributed by atoms with Crippen molar-refractivity contribution in [2.45, 2.75) is 25.0 Å². The first kappa shape index (κ1) is 10.5. The third kappa shape index (κ3) is 1.58. The van der Waals surface area contributed by atoms with Gasteiger partial charge in [0.2, 0.25) is 0 Å². The van der Waals surface area contributed by atoms with E-state index in [1.807, 2.05) is 12.1 Å². The number of amides is 1. The van der Waals surface area contributed by atoms with Crippen molar-refractivity contribution in [2.24, 2.45) is 0 Å². The number of likely N-dealkylation sites (tertiary alicyclic amines) is 1. The first-order valence-corrected chi connectivity index (χ1v) is 5.77. The Hall–Kier alpha value is -1.62. The average Bonchev–Trinajstić information content (AvgIpc) is 2.70. The van der Waals surface area contributed by atoms with Gasteiger partial charge in [-0.2, -0.15) is 0 Å². The highest BCUT2D eigenvalue weighted by Gasteiger charge is 2.44. The lowest BCUT2D eigenvalue weighted by atomic mass is 9.87. The van der Waals surface area contributed by atoms with Crippen molar-refractivity contribution < 1.29 is 14.6 Å². The Morgan fingerprint density at radius 1 is 1.47 bits per heavy atom. The number of carbonyl (C=O) groups is 1. The molecule has 3 heterocycles. The molecular formula is C12H14N2O3. The van der Waals surface area contributed by atoms with E-state index in [9.17, 15) is 4.79 Å². The van der Waals surface area contributed by atoms with Crippen LogP contribution in [-0.4, -0.2) is 34.2 Å². The number of hydrogen-bond donors (Lipinski definition) is 1. The van der Waals surface area contributed by atoms with Crippen LogP contribution in [0.15, 0.2) is 18.3 Å². The molecular weight excluding hydrogens is 220 g/mol. The maximum absolute atomic E-state index is 10.9. The fourth-order valence-corrected chi connectivity index (χ4v) is 2.69. The molecule has 1 fully saturated rings. The second-order valence-corrected chi connectivity index (χ2v) is 4.56. The first-order chi connectivity index (χ1) is 8.21. The molecule has 0 radical (unpaired) electrons. The number of aromatic nitrogens is 1. The minimum absolute atomic E-state index is 0.345. The van der Waals surface area contributed by atoms with Crippen LogP contribution in [0, 0.1) is 0 Å². The van der Waals surface area contributed by atoms with E-state index in [1.165, 1.54) is 4.90 Å². The number of carboxylic acid groups (broad SMARTS) is 1. The van der Waals surface area contributed by atoms with Crippen molar-refractivity contribution in [3.05, 3.63) is 29.6 Å². The molecule has 17 heavy (non-hydrogen) atoms. The van der Waals surface area contributed by atoms with Crippen molar-refractivity contribution in [2.75, 3.05) is 13.1 Å². The molecule has 0 unspecified atom stereocenters. The Labute approximate surface area is 99.0 Å². The molecule has 0 bridgehead atoms. The van der Waals surface area contributed by atoms with Gasteiger partial charge in [-0.05, 0) is 18.9 Å². The van der Waals surface area contributed by atoms with E-state index < -0.39 is 6.09 Å². The van der Waals surface area contributed by atoms with Crippen molar-refractivity contribution >= 4 is 6.09 Å². The molecule has 5 heteroatoms. The highest BCUT2D eigenvalue weighted by atomic mass is 16.5. The van der Waals surface area contributed by atoms with Crippen LogP contribution in [0.4, 0.5) is 4.79 Å². The lowest BCUT2D eigenvalue weighted by Gasteiger charge is -2.37. The number of fused-ring (bicyclic) bond motifs is 2. The fourth-order valence-electron chi connectivity index (χ4n) is 2.69. The normalized spacial score (nSPS) is 21.5. The second-order valence-electron chi connectivity index (χ2n) is 4.56. The molecule has 90 valence electrons. The summed E-state index contributed by atoms with van der Waals surface area (Å²) in [5.41, 5.74) is 1.80. The number of ether oxygens (including phenoxy) is 1. The number of rotatable bonds is 0. The zero-order chi connectivity index (χ0) is 11.9. The SMILES string of the molecule is O=C(O)N1CCC2(CC1)OCc1cccnc12. The maximum atomic E-state index is 10.9. The quantitative estimate of drug-likeness (QED) is 0.740. The summed E-state index contributed by atoms with van der Waals surface area (Å²) in [6.45, 7) is 1.63. The number of hydrogen-bond acceptors (Lipinski definition) is 3. The van der Waals surface area contributed by atoms with Crippen molar-refractivity contribution in [3.63, 3.8) is 0 Å². The summed E-state index contributed by atoms with van der Waals surface area (Å²) in [5, 5.41) is 8.93. The van der Waals surface area contributed by atoms with Gasteiger partial charge in [0.15, 0.2) is 0 Å². The molecule has 1 spiro atoms. The Morgan fingerprint density at radius 3 is 2.94 bits per heavy atom. The van der Waals surface area contributed by atoms with E-state index in [2.05, 4.69) is 4.98 Å². The van der Waals surface area contributed by atoms with E-state index in [1.54, 1.807) is 6.20 Å². The zero-order valence-electron chi connectivity index (χ0n) is 9.43. The van der Waals surface area contributed by atoms with Crippen molar-refractivity contribution in [1.82, 2.24) is 9.88 Å². The van der Waals surface area contributed by atoms with E-state index >= 15 is 0 Å². The molecule has 1 aromatic heterocycles. The van der Waals surface area contributed by atoms with Gasteiger partial charge in [0.05, 0.1) is 12.3 Å². The molecule has 2 aliphatic heterocycles. The van der Waals surface area contributed by atoms with E-state index in [0.717, 1.165) is 11.3 Å². The van der Waals surface area contributed by atoms with Crippen LogP contribution < -0.4 is 0 Å². The van der Waals surface area contributed by atoms with Crippen LogP contribution in [0.2, 0.25) is 0 Å². The molecule has 0 saturated carbocycles. The van der Waals surface area contributed by atoms with E-state index in [4.69, 9.17) is 9.84 Å². The molecule has 1 N–H and O–H groups in total. The number of nitrogens with zero attached hydrogens (tertiary/aromatic N) is 2. The standard InChI is InChI=1S/C12H14N2O3/c15-11(16)14-6-3-12(4-7-14)10-9(8-17-12)2-1-5-13-10/h1-2,5H,3-4,6-8H2,(H,15,16). The van der Waals surface area contributed by atoms with Gasteiger partial charge in [-0.25, -0.2) is 4.79 Å². The number of pyridine rings is 1. The van der Waals surface area contributed by atoms with Crippen molar-refractivity contribution in [1.29, 1.82) is 0 Å². The van der Waals surface area contributed by atoms with Gasteiger partial charge < -0.3 is 14.7 Å². The monoisotopic (exact) mass is 234 g/mol. The highest BCUT2D eigenvalue weighted by Crippen LogP contribution is 2.42. The molecule has 0 atom stereocenters. The largest absolute Gasteiger partial charge is 0.465 e. The molecule has 1 aromatic rings. The summed E-state index contributed by atoms with van der Waals surface area (Å²) >= 11 is 0. The van der Waals surface area contributed by atoms with Crippen LogP contribution in [0.25, 0.3) is 0 Å². The average molecular weight is 234 g/mol. The molecule has 5 nitrogen and oxygen atoms in total. The van der Waals surface area contributed by atoms with Crippen molar-refractivity contribution in [3.8, 4) is 0 Å². The van der Waals surface area contributed by atoms with E-state index in [0.29, 0.717) is 32.5 Å². The van der Waals surface area contributed by atoms with Gasteiger partial charge in [-0.15, -0.1) is 0 Å². The molecule has 3 rings (SSSR count). The van der Waals surface area contributed by atoms with Crippen LogP contribution in [0.5, 0.6) is 0 Å². The predicted molar refractivity (Wildman–Crippen MR) is 59.5 cm³/mol. The first-order valence-electron chi connectivity index (χ1n) is 5.77. The Morgan fingerprint density at radius 2 is 2.24 bits per heavy atom. The lowest BCUT2D eigenvalue weighted by molar-refractivity contribution is -0.0770. The Bertz CT molecular complexity index is 453. The van der Waals surface area contributed by atoms with Gasteiger partial charge in [0.25, 0.3) is 0 Å². The van der Waals surface area contributed by atoms with Gasteiger partial charge in [0.1, 0.15) is 5.60 Å². The molecule has 2 aliphatic rings. The Balaban J connectivity index is 1.85. The number of piperidine rings is 1. The minimum atomic E-state index is -0.848. The predicted octanol–water partition coefficient (Wildman–Crippen LogP) is 1.58. The van der Waals surface area contributed by atoms with Crippen LogP contribution >= 0.6 is 0 Å². The molecule has 1 saturated heterocycles. The smallest absolute Gasteiger partial charge is 0.407 e. The summed E-state index contributed by atoms with van der Waals surface area (Å²) < 4.78 is 5.90. The minimum Gasteiger partial charge on any atom is -0.465 e. The van der Waals surface area contributed by atoms with Crippen LogP contribution in [0.1, 0.15) is 24.1 Å². The van der Waals surface area contributed by atoms with E-state index in [-0.39, 0.29) is 5.60 Å². The maximum Gasteiger partial charge on any atom is 0.407 e. The molecule has 1 amide bonds. The highest BCUT2D eigenvalue weighted by molar-refractivity contribution is 5.65. The molecule has 0 aliphatic carbocycles. The van der Waals surface area contributed by atoms with Crippen LogP contribution in [0.3, 0.4) is 0 Å². The Kier molecular flexibility index (Phi) is 2.29. The lowest BCUT2D eigenvalue weighted by Crippen LogP contribution is -2.44. The van der Waals surface area contributed by atoms with Crippen LogP contribution in [-0.2, 0) is 16.9 Å². The van der Waals surface area contributed by atoms with Gasteiger partial charge >= 0.3 is 6.09 Å². The fraction of sp³-hybridized carbons (Fsp3) is 0.500. The van der Waals surface area contributed by atoms with Gasteiger partial charge in [-0.1, -0.05) is 6.07 Å². The summed E-state index contributed by atoms with van der Waals surface area (Å²) in [5.74, 6) is 0. The zero-order valence-corrected chi connectivity index (χ0v) is 9.43. The summed E-state index contributed by atoms with van der Waals surface area (Å²) in [7, 11) is 0. The second kappa shape index (κ2) is 3.70. The third-order valence-electron chi connectivity index (χ3n) is 3.67. The summed E-state index contributed by atoms with van der Waals surface area (Å²) in [4.78, 5) is 16.7. The summed E-state index contributed by atoms with van der Waals surface area (Å²) in [6.07, 6.45) is 2.32. The topological polar surface area (TPSA) is 62.7 Å². The van der Waals surface area contributed by atoms with Gasteiger partial charge in [-0.3, -0.25) is 4.98 Å². The third-order valence-corrected chi connectivity index (χ3v) is 3.67. The van der Waals surface area contributed by atoms with Gasteiger partial charge in [0, 0.05) is 24.8 Å². The molecule has 0 aromatic carbocycles. The summed E-state index contributed by atoms with van der Waals surface area (Å²) in [6, 6.07) is 3.94.